The molecule has 1 rings (SSSR count). The number of nitrogens with one attached hydrogen (secondary N) is 1. The molecule has 0 saturated heterocycles. The van der Waals surface area contributed by atoms with Gasteiger partial charge in [0.05, 0.1) is 4.91 Å². The molecule has 0 aliphatic heterocycles. The molecule has 106 valence electrons. The van der Waals surface area contributed by atoms with Crippen LogP contribution < -0.4 is 4.91 Å². The predicted octanol–water partition coefficient (Wildman–Crippen LogP) is 1.47. The van der Waals surface area contributed by atoms with E-state index in [4.69, 9.17) is 10.6 Å². The van der Waals surface area contributed by atoms with E-state index in [1.54, 1.807) is 11.9 Å². The summed E-state index contributed by atoms with van der Waals surface area (Å²) in [5.41, 5.74) is 6.66. The predicted molar refractivity (Wildman–Crippen MR) is 66.2 cm³/mol. The molecular formula is C11H20N5O3+. The molecule has 2 atom stereocenters. The fourth-order valence-electron chi connectivity index (χ4n) is 2.39. The first-order valence-electron chi connectivity index (χ1n) is 6.35. The van der Waals surface area contributed by atoms with E-state index in [0.29, 0.717) is 19.4 Å². The number of hydrogen-bond acceptors (Lipinski definition) is 4. The van der Waals surface area contributed by atoms with E-state index in [2.05, 4.69) is 10.1 Å². The van der Waals surface area contributed by atoms with E-state index in [-0.39, 0.29) is 17.9 Å². The second-order valence-corrected chi connectivity index (χ2v) is 4.69. The molecule has 1 saturated carbocycles. The quantitative estimate of drug-likeness (QED) is 0.458. The Hall–Kier alpha value is -1.95. The van der Waals surface area contributed by atoms with Crippen LogP contribution in [0.1, 0.15) is 32.6 Å². The third kappa shape index (κ3) is 3.75. The van der Waals surface area contributed by atoms with Crippen molar-refractivity contribution in [2.75, 3.05) is 13.6 Å². The summed E-state index contributed by atoms with van der Waals surface area (Å²) in [4.78, 5) is 27.6. The van der Waals surface area contributed by atoms with Crippen LogP contribution in [0.25, 0.3) is 0 Å². The Labute approximate surface area is 111 Å². The monoisotopic (exact) mass is 270 g/mol. The van der Waals surface area contributed by atoms with Crippen molar-refractivity contribution in [2.45, 2.75) is 38.6 Å². The van der Waals surface area contributed by atoms with E-state index >= 15 is 0 Å². The van der Waals surface area contributed by atoms with E-state index in [9.17, 15) is 9.59 Å². The van der Waals surface area contributed by atoms with Gasteiger partial charge in [-0.15, -0.1) is 0 Å². The number of carboxylic acid groups (broad SMARTS) is 1. The van der Waals surface area contributed by atoms with E-state index in [1.165, 1.54) is 0 Å². The van der Waals surface area contributed by atoms with Crippen LogP contribution in [0.3, 0.4) is 0 Å². The van der Waals surface area contributed by atoms with Crippen molar-refractivity contribution < 1.29 is 14.7 Å². The topological polar surface area (TPSA) is 111 Å². The second kappa shape index (κ2) is 6.84. The number of carbonyl (C=O) groups excluding carboxylic acids is 1. The molecule has 1 unspecified atom stereocenters. The van der Waals surface area contributed by atoms with Crippen LogP contribution in [-0.2, 0) is 4.79 Å². The van der Waals surface area contributed by atoms with Gasteiger partial charge < -0.3 is 10.0 Å². The van der Waals surface area contributed by atoms with Crippen molar-refractivity contribution >= 4 is 12.0 Å². The van der Waals surface area contributed by atoms with Crippen LogP contribution in [0.15, 0.2) is 5.22 Å². The third-order valence-corrected chi connectivity index (χ3v) is 3.53. The standard InChI is InChI=1S/C11H19N5O3/c1-3-15(2)10(17)8-5-4-6-9(7-8)16(11(18)19)14-13-12/h8-9,12H,3-7H2,1-2H3/p+1/t8-,9?/m0/s1. The van der Waals surface area contributed by atoms with E-state index in [1.807, 2.05) is 6.92 Å². The maximum atomic E-state index is 12.1. The van der Waals surface area contributed by atoms with Gasteiger partial charge in [0.25, 0.3) is 0 Å². The van der Waals surface area contributed by atoms with Crippen LogP contribution in [0.2, 0.25) is 0 Å². The van der Waals surface area contributed by atoms with Gasteiger partial charge in [-0.25, -0.2) is 0 Å². The highest BCUT2D eigenvalue weighted by Gasteiger charge is 2.39. The minimum atomic E-state index is -1.24. The molecule has 1 aliphatic rings. The molecule has 19 heavy (non-hydrogen) atoms. The number of nitrogens with zero attached hydrogens (tertiary/aromatic N) is 4. The molecule has 8 heteroatoms. The first-order chi connectivity index (χ1) is 9.01. The van der Waals surface area contributed by atoms with Gasteiger partial charge in [0.15, 0.2) is 0 Å². The highest BCUT2D eigenvalue weighted by atomic mass is 16.4. The lowest BCUT2D eigenvalue weighted by Gasteiger charge is -2.29. The van der Waals surface area contributed by atoms with Crippen molar-refractivity contribution in [1.29, 1.82) is 5.53 Å². The lowest BCUT2D eigenvalue weighted by Crippen LogP contribution is -2.43. The van der Waals surface area contributed by atoms with Gasteiger partial charge in [-0.05, 0) is 36.7 Å². The lowest BCUT2D eigenvalue weighted by atomic mass is 9.84. The molecule has 1 aliphatic carbocycles. The summed E-state index contributed by atoms with van der Waals surface area (Å²) in [7, 11) is 1.74. The van der Waals surface area contributed by atoms with Crippen LogP contribution in [0, 0.1) is 11.4 Å². The summed E-state index contributed by atoms with van der Waals surface area (Å²) in [6, 6.07) is -0.375. The zero-order valence-corrected chi connectivity index (χ0v) is 11.2. The lowest BCUT2D eigenvalue weighted by molar-refractivity contribution is -0.135. The van der Waals surface area contributed by atoms with Gasteiger partial charge in [0.1, 0.15) is 6.04 Å². The first-order valence-corrected chi connectivity index (χ1v) is 6.35. The zero-order chi connectivity index (χ0) is 14.4. The zero-order valence-electron chi connectivity index (χ0n) is 11.2. The maximum absolute atomic E-state index is 12.1. The molecule has 2 amide bonds. The summed E-state index contributed by atoms with van der Waals surface area (Å²) in [6.07, 6.45) is 1.39. The molecule has 2 N–H and O–H groups in total. The highest BCUT2D eigenvalue weighted by Crippen LogP contribution is 2.29. The summed E-state index contributed by atoms with van der Waals surface area (Å²) in [6.45, 7) is 2.53. The third-order valence-electron chi connectivity index (χ3n) is 3.53. The largest absolute Gasteiger partial charge is 0.526 e. The molecule has 0 bridgehead atoms. The first kappa shape index (κ1) is 15.1. The average molecular weight is 270 g/mol. The molecule has 0 heterocycles. The van der Waals surface area contributed by atoms with Crippen LogP contribution >= 0.6 is 0 Å². The Balaban J connectivity index is 2.75. The van der Waals surface area contributed by atoms with Gasteiger partial charge in [-0.1, -0.05) is 0 Å². The minimum Gasteiger partial charge on any atom is -0.445 e. The molecule has 0 aromatic heterocycles. The summed E-state index contributed by atoms with van der Waals surface area (Å²) in [5, 5.41) is 13.1. The van der Waals surface area contributed by atoms with Crippen LogP contribution in [0.5, 0.6) is 0 Å². The van der Waals surface area contributed by atoms with Gasteiger partial charge in [-0.2, -0.15) is 4.79 Å². The molecular weight excluding hydrogens is 250 g/mol. The fraction of sp³-hybridized carbons (Fsp3) is 0.818. The summed E-state index contributed by atoms with van der Waals surface area (Å²) >= 11 is 0. The van der Waals surface area contributed by atoms with Crippen molar-refractivity contribution in [2.24, 2.45) is 11.1 Å². The molecule has 8 nitrogen and oxygen atoms in total. The normalized spacial score (nSPS) is 22.2. The Morgan fingerprint density at radius 2 is 2.16 bits per heavy atom. The Bertz CT molecular complexity index is 392. The van der Waals surface area contributed by atoms with Gasteiger partial charge >= 0.3 is 6.09 Å². The van der Waals surface area contributed by atoms with Gasteiger partial charge in [0.2, 0.25) is 11.1 Å². The fourth-order valence-corrected chi connectivity index (χ4v) is 2.39. The SMILES string of the molecule is CCN(C)C(=O)[C@H]1CCCC(N(N=[N+]=N)C(=O)O)C1. The average Bonchev–Trinajstić information content (AvgIpc) is 2.42. The smallest absolute Gasteiger partial charge is 0.445 e. The summed E-state index contributed by atoms with van der Waals surface area (Å²) < 4.78 is 0. The molecule has 0 aromatic carbocycles. The van der Waals surface area contributed by atoms with Crippen molar-refractivity contribution in [3.05, 3.63) is 0 Å². The van der Waals surface area contributed by atoms with E-state index in [0.717, 1.165) is 17.9 Å². The minimum absolute atomic E-state index is 0.0420. The van der Waals surface area contributed by atoms with Gasteiger partial charge in [-0.3, -0.25) is 4.79 Å². The number of amides is 2. The Kier molecular flexibility index (Phi) is 5.44. The number of hydrogen-bond donors (Lipinski definition) is 2. The Morgan fingerprint density at radius 3 is 2.68 bits per heavy atom. The Morgan fingerprint density at radius 1 is 1.47 bits per heavy atom. The van der Waals surface area contributed by atoms with Crippen molar-refractivity contribution in [3.63, 3.8) is 0 Å². The number of carbonyl (C=O) groups is 2. The molecule has 0 spiro atoms. The maximum Gasteiger partial charge on any atom is 0.526 e. The molecule has 0 aromatic rings. The van der Waals surface area contributed by atoms with Gasteiger partial charge in [0, 0.05) is 25.9 Å². The number of rotatable bonds is 4. The van der Waals surface area contributed by atoms with Crippen LogP contribution in [0.4, 0.5) is 4.79 Å². The summed E-state index contributed by atoms with van der Waals surface area (Å²) in [5.74, 6) is -0.133. The van der Waals surface area contributed by atoms with Crippen molar-refractivity contribution in [1.82, 2.24) is 14.8 Å². The van der Waals surface area contributed by atoms with Crippen LogP contribution in [-0.4, -0.2) is 46.7 Å². The molecule has 0 radical (unpaired) electrons. The highest BCUT2D eigenvalue weighted by molar-refractivity contribution is 5.78. The van der Waals surface area contributed by atoms with E-state index < -0.39 is 6.09 Å². The van der Waals surface area contributed by atoms with Crippen molar-refractivity contribution in [3.8, 4) is 0 Å². The molecule has 1 fully saturated rings. The second-order valence-electron chi connectivity index (χ2n) is 4.69.